The second kappa shape index (κ2) is 6.77. The standard InChI is InChI=1S/C16H20ClNO2S/c1-16(2,3)14-10-21-15(18-14)8-12(19)9-20-13-6-4-11(17)5-7-13/h4-7,10,12,19H,8-9H2,1-3H3. The number of ether oxygens (including phenoxy) is 1. The minimum Gasteiger partial charge on any atom is -0.491 e. The number of hydrogen-bond acceptors (Lipinski definition) is 4. The van der Waals surface area contributed by atoms with Gasteiger partial charge in [-0.3, -0.25) is 0 Å². The molecular formula is C16H20ClNO2S. The molecule has 0 amide bonds. The first-order valence-electron chi connectivity index (χ1n) is 6.86. The second-order valence-corrected chi connectivity index (χ2v) is 7.38. The number of benzene rings is 1. The van der Waals surface area contributed by atoms with Crippen LogP contribution >= 0.6 is 22.9 Å². The summed E-state index contributed by atoms with van der Waals surface area (Å²) in [5.74, 6) is 0.702. The van der Waals surface area contributed by atoms with Crippen LogP contribution in [0.5, 0.6) is 5.75 Å². The summed E-state index contributed by atoms with van der Waals surface area (Å²) in [6, 6.07) is 7.10. The van der Waals surface area contributed by atoms with E-state index in [1.165, 1.54) is 0 Å². The van der Waals surface area contributed by atoms with Gasteiger partial charge in [0.15, 0.2) is 0 Å². The predicted molar refractivity (Wildman–Crippen MR) is 87.5 cm³/mol. The van der Waals surface area contributed by atoms with Gasteiger partial charge in [0.2, 0.25) is 0 Å². The Hall–Kier alpha value is -1.10. The van der Waals surface area contributed by atoms with Crippen LogP contribution in [-0.2, 0) is 11.8 Å². The van der Waals surface area contributed by atoms with Gasteiger partial charge in [0.1, 0.15) is 12.4 Å². The number of hydrogen-bond donors (Lipinski definition) is 1. The van der Waals surface area contributed by atoms with Crippen molar-refractivity contribution in [2.45, 2.75) is 38.7 Å². The van der Waals surface area contributed by atoms with Crippen LogP contribution in [0, 0.1) is 0 Å². The summed E-state index contributed by atoms with van der Waals surface area (Å²) in [5.41, 5.74) is 1.10. The molecule has 5 heteroatoms. The van der Waals surface area contributed by atoms with E-state index < -0.39 is 6.10 Å². The molecule has 0 aliphatic carbocycles. The molecule has 0 saturated carbocycles. The van der Waals surface area contributed by atoms with Crippen molar-refractivity contribution in [2.75, 3.05) is 6.61 Å². The Bertz CT molecular complexity index is 575. The number of rotatable bonds is 5. The summed E-state index contributed by atoms with van der Waals surface area (Å²) in [5, 5.41) is 13.7. The molecule has 1 heterocycles. The predicted octanol–water partition coefficient (Wildman–Crippen LogP) is 4.08. The Morgan fingerprint density at radius 3 is 2.52 bits per heavy atom. The van der Waals surface area contributed by atoms with Crippen LogP contribution in [0.4, 0.5) is 0 Å². The highest BCUT2D eigenvalue weighted by atomic mass is 35.5. The Labute approximate surface area is 134 Å². The lowest BCUT2D eigenvalue weighted by molar-refractivity contribution is 0.107. The number of aliphatic hydroxyl groups is 1. The van der Waals surface area contributed by atoms with E-state index in [9.17, 15) is 5.11 Å². The molecule has 0 aliphatic heterocycles. The van der Waals surface area contributed by atoms with Crippen LogP contribution in [-0.4, -0.2) is 22.8 Å². The number of thiazole rings is 1. The van der Waals surface area contributed by atoms with Gasteiger partial charge in [-0.05, 0) is 24.3 Å². The smallest absolute Gasteiger partial charge is 0.119 e. The molecule has 1 aromatic heterocycles. The number of nitrogens with zero attached hydrogens (tertiary/aromatic N) is 1. The van der Waals surface area contributed by atoms with Gasteiger partial charge in [-0.1, -0.05) is 32.4 Å². The largest absolute Gasteiger partial charge is 0.491 e. The summed E-state index contributed by atoms with van der Waals surface area (Å²) in [6.45, 7) is 6.63. The summed E-state index contributed by atoms with van der Waals surface area (Å²) in [7, 11) is 0. The summed E-state index contributed by atoms with van der Waals surface area (Å²) in [4.78, 5) is 4.57. The number of aromatic nitrogens is 1. The number of aliphatic hydroxyl groups excluding tert-OH is 1. The van der Waals surface area contributed by atoms with Crippen molar-refractivity contribution in [3.8, 4) is 5.75 Å². The topological polar surface area (TPSA) is 42.4 Å². The van der Waals surface area contributed by atoms with Crippen LogP contribution in [0.1, 0.15) is 31.5 Å². The van der Waals surface area contributed by atoms with E-state index in [1.807, 2.05) is 0 Å². The molecule has 0 aliphatic rings. The molecule has 0 saturated heterocycles. The van der Waals surface area contributed by atoms with Gasteiger partial charge in [0.05, 0.1) is 16.8 Å². The molecule has 1 unspecified atom stereocenters. The molecule has 0 spiro atoms. The monoisotopic (exact) mass is 325 g/mol. The lowest BCUT2D eigenvalue weighted by Gasteiger charge is -2.14. The molecule has 2 aromatic rings. The van der Waals surface area contributed by atoms with Crippen molar-refractivity contribution < 1.29 is 9.84 Å². The van der Waals surface area contributed by atoms with E-state index in [0.717, 1.165) is 10.7 Å². The minimum absolute atomic E-state index is 0.0412. The minimum atomic E-state index is -0.570. The van der Waals surface area contributed by atoms with Gasteiger partial charge in [-0.25, -0.2) is 4.98 Å². The second-order valence-electron chi connectivity index (χ2n) is 6.00. The summed E-state index contributed by atoms with van der Waals surface area (Å²) in [6.07, 6.45) is -0.0615. The Morgan fingerprint density at radius 1 is 1.29 bits per heavy atom. The third-order valence-electron chi connectivity index (χ3n) is 2.99. The SMILES string of the molecule is CC(C)(C)c1csc(CC(O)COc2ccc(Cl)cc2)n1. The maximum Gasteiger partial charge on any atom is 0.119 e. The molecule has 0 bridgehead atoms. The van der Waals surface area contributed by atoms with Crippen LogP contribution < -0.4 is 4.74 Å². The quantitative estimate of drug-likeness (QED) is 0.900. The highest BCUT2D eigenvalue weighted by Crippen LogP contribution is 2.24. The first-order valence-corrected chi connectivity index (χ1v) is 8.11. The zero-order chi connectivity index (χ0) is 15.5. The molecule has 1 atom stereocenters. The van der Waals surface area contributed by atoms with Crippen LogP contribution in [0.25, 0.3) is 0 Å². The average molecular weight is 326 g/mol. The third-order valence-corrected chi connectivity index (χ3v) is 4.11. The lowest BCUT2D eigenvalue weighted by Crippen LogP contribution is -2.20. The fourth-order valence-corrected chi connectivity index (χ4v) is 2.95. The van der Waals surface area contributed by atoms with Gasteiger partial charge < -0.3 is 9.84 Å². The Kier molecular flexibility index (Phi) is 5.25. The highest BCUT2D eigenvalue weighted by Gasteiger charge is 2.18. The van der Waals surface area contributed by atoms with Crippen molar-refractivity contribution in [3.05, 3.63) is 45.4 Å². The fraction of sp³-hybridized carbons (Fsp3) is 0.438. The van der Waals surface area contributed by atoms with Gasteiger partial charge in [-0.15, -0.1) is 11.3 Å². The lowest BCUT2D eigenvalue weighted by atomic mass is 9.93. The molecule has 3 nitrogen and oxygen atoms in total. The molecule has 114 valence electrons. The van der Waals surface area contributed by atoms with Gasteiger partial charge in [-0.2, -0.15) is 0 Å². The van der Waals surface area contributed by atoms with Gasteiger partial charge in [0.25, 0.3) is 0 Å². The summed E-state index contributed by atoms with van der Waals surface area (Å²) < 4.78 is 5.54. The summed E-state index contributed by atoms with van der Waals surface area (Å²) >= 11 is 7.39. The Balaban J connectivity index is 1.85. The molecule has 0 fully saturated rings. The molecule has 2 rings (SSSR count). The molecular weight excluding hydrogens is 306 g/mol. The highest BCUT2D eigenvalue weighted by molar-refractivity contribution is 7.09. The van der Waals surface area contributed by atoms with Crippen LogP contribution in [0.3, 0.4) is 0 Å². The van der Waals surface area contributed by atoms with E-state index >= 15 is 0 Å². The van der Waals surface area contributed by atoms with E-state index in [1.54, 1.807) is 35.6 Å². The molecule has 1 aromatic carbocycles. The first-order chi connectivity index (χ1) is 9.84. The van der Waals surface area contributed by atoms with Crippen LogP contribution in [0.2, 0.25) is 5.02 Å². The zero-order valence-electron chi connectivity index (χ0n) is 12.5. The van der Waals surface area contributed by atoms with E-state index in [2.05, 4.69) is 31.1 Å². The maximum atomic E-state index is 10.0. The zero-order valence-corrected chi connectivity index (χ0v) is 14.0. The molecule has 0 radical (unpaired) electrons. The van der Waals surface area contributed by atoms with Crippen molar-refractivity contribution >= 4 is 22.9 Å². The molecule has 1 N–H and O–H groups in total. The number of halogens is 1. The molecule has 21 heavy (non-hydrogen) atoms. The first kappa shape index (κ1) is 16.3. The van der Waals surface area contributed by atoms with E-state index in [0.29, 0.717) is 17.2 Å². The third kappa shape index (κ3) is 4.99. The normalized spacial score (nSPS) is 13.2. The van der Waals surface area contributed by atoms with Crippen molar-refractivity contribution in [1.29, 1.82) is 0 Å². The van der Waals surface area contributed by atoms with E-state index in [-0.39, 0.29) is 12.0 Å². The van der Waals surface area contributed by atoms with Crippen molar-refractivity contribution in [1.82, 2.24) is 4.98 Å². The van der Waals surface area contributed by atoms with Crippen molar-refractivity contribution in [2.24, 2.45) is 0 Å². The van der Waals surface area contributed by atoms with Gasteiger partial charge in [0, 0.05) is 22.2 Å². The Morgan fingerprint density at radius 2 is 1.95 bits per heavy atom. The fourth-order valence-electron chi connectivity index (χ4n) is 1.73. The average Bonchev–Trinajstić information content (AvgIpc) is 2.86. The van der Waals surface area contributed by atoms with E-state index in [4.69, 9.17) is 16.3 Å². The maximum absolute atomic E-state index is 10.0. The van der Waals surface area contributed by atoms with Crippen LogP contribution in [0.15, 0.2) is 29.6 Å². The van der Waals surface area contributed by atoms with Crippen molar-refractivity contribution in [3.63, 3.8) is 0 Å². The van der Waals surface area contributed by atoms with Gasteiger partial charge >= 0.3 is 0 Å².